The summed E-state index contributed by atoms with van der Waals surface area (Å²) in [4.78, 5) is 27.4. The highest BCUT2D eigenvalue weighted by atomic mass is 32.1. The van der Waals surface area contributed by atoms with Crippen LogP contribution in [0.5, 0.6) is 0 Å². The minimum atomic E-state index is -0.0790. The summed E-state index contributed by atoms with van der Waals surface area (Å²) < 4.78 is 5.31. The van der Waals surface area contributed by atoms with E-state index < -0.39 is 0 Å². The first kappa shape index (κ1) is 20.4. The Kier molecular flexibility index (Phi) is 6.60. The van der Waals surface area contributed by atoms with Crippen LogP contribution < -0.4 is 5.32 Å². The molecule has 0 saturated heterocycles. The van der Waals surface area contributed by atoms with Gasteiger partial charge in [-0.05, 0) is 43.3 Å². The maximum Gasteiger partial charge on any atom is 0.263 e. The molecule has 4 aromatic rings. The van der Waals surface area contributed by atoms with Crippen molar-refractivity contribution >= 4 is 28.6 Å². The van der Waals surface area contributed by atoms with Crippen molar-refractivity contribution in [2.45, 2.75) is 32.6 Å². The second-order valence-electron chi connectivity index (χ2n) is 6.70. The fourth-order valence-corrected chi connectivity index (χ4v) is 4.54. The molecule has 0 aliphatic heterocycles. The molecule has 0 fully saturated rings. The standard InChI is InChI=1S/C21H21N5O2S2/c1-14-18(30-21(24-14)15-8-4-6-11-22-15)20(27)23-12-5-2-3-10-17-25-19(26-28-17)16-9-7-13-29-16/h4,6-9,11,13H,2-3,5,10,12H2,1H3,(H,23,27). The highest BCUT2D eigenvalue weighted by molar-refractivity contribution is 7.17. The Hall–Kier alpha value is -2.91. The maximum absolute atomic E-state index is 12.5. The number of hydrogen-bond acceptors (Lipinski definition) is 8. The number of thiophene rings is 1. The first-order chi connectivity index (χ1) is 14.7. The Balaban J connectivity index is 1.19. The number of carbonyl (C=O) groups is 1. The van der Waals surface area contributed by atoms with Gasteiger partial charge in [0.25, 0.3) is 5.91 Å². The third-order valence-corrected chi connectivity index (χ3v) is 6.49. The van der Waals surface area contributed by atoms with Crippen LogP contribution >= 0.6 is 22.7 Å². The van der Waals surface area contributed by atoms with Crippen LogP contribution in [0.15, 0.2) is 46.4 Å². The van der Waals surface area contributed by atoms with Crippen molar-refractivity contribution in [2.75, 3.05) is 6.54 Å². The summed E-state index contributed by atoms with van der Waals surface area (Å²) in [7, 11) is 0. The van der Waals surface area contributed by atoms with Gasteiger partial charge in [-0.15, -0.1) is 22.7 Å². The molecular weight excluding hydrogens is 418 g/mol. The van der Waals surface area contributed by atoms with Crippen molar-refractivity contribution in [2.24, 2.45) is 0 Å². The van der Waals surface area contributed by atoms with Crippen LogP contribution in [0.3, 0.4) is 0 Å². The molecular formula is C21H21N5O2S2. The van der Waals surface area contributed by atoms with E-state index in [1.807, 2.05) is 42.6 Å². The zero-order chi connectivity index (χ0) is 20.8. The second kappa shape index (κ2) is 9.73. The Labute approximate surface area is 182 Å². The van der Waals surface area contributed by atoms with Crippen molar-refractivity contribution in [3.8, 4) is 21.4 Å². The van der Waals surface area contributed by atoms with Crippen LogP contribution in [0.4, 0.5) is 0 Å². The van der Waals surface area contributed by atoms with Crippen molar-refractivity contribution in [1.29, 1.82) is 0 Å². The van der Waals surface area contributed by atoms with Gasteiger partial charge in [0.2, 0.25) is 11.7 Å². The first-order valence-electron chi connectivity index (χ1n) is 9.74. The summed E-state index contributed by atoms with van der Waals surface area (Å²) in [5, 5.41) is 9.76. The zero-order valence-electron chi connectivity index (χ0n) is 16.5. The summed E-state index contributed by atoms with van der Waals surface area (Å²) >= 11 is 2.97. The van der Waals surface area contributed by atoms with Gasteiger partial charge in [0, 0.05) is 19.2 Å². The molecule has 0 unspecified atom stereocenters. The van der Waals surface area contributed by atoms with E-state index in [9.17, 15) is 4.79 Å². The van der Waals surface area contributed by atoms with Gasteiger partial charge in [0.1, 0.15) is 9.88 Å². The van der Waals surface area contributed by atoms with Crippen LogP contribution in [0.2, 0.25) is 0 Å². The molecule has 0 bridgehead atoms. The second-order valence-corrected chi connectivity index (χ2v) is 8.65. The van der Waals surface area contributed by atoms with Gasteiger partial charge in [0.15, 0.2) is 0 Å². The molecule has 0 aromatic carbocycles. The van der Waals surface area contributed by atoms with E-state index in [0.29, 0.717) is 23.1 Å². The van der Waals surface area contributed by atoms with Gasteiger partial charge in [-0.25, -0.2) is 4.98 Å². The molecule has 1 N–H and O–H groups in total. The summed E-state index contributed by atoms with van der Waals surface area (Å²) in [6.45, 7) is 2.48. The minimum Gasteiger partial charge on any atom is -0.351 e. The monoisotopic (exact) mass is 439 g/mol. The Morgan fingerprint density at radius 2 is 2.07 bits per heavy atom. The van der Waals surface area contributed by atoms with E-state index in [-0.39, 0.29) is 5.91 Å². The van der Waals surface area contributed by atoms with E-state index in [2.05, 4.69) is 25.4 Å². The maximum atomic E-state index is 12.5. The lowest BCUT2D eigenvalue weighted by Crippen LogP contribution is -2.24. The Bertz CT molecular complexity index is 1090. The molecule has 0 spiro atoms. The summed E-state index contributed by atoms with van der Waals surface area (Å²) in [6.07, 6.45) is 5.27. The predicted molar refractivity (Wildman–Crippen MR) is 118 cm³/mol. The zero-order valence-corrected chi connectivity index (χ0v) is 18.1. The average Bonchev–Trinajstić information content (AvgIpc) is 3.51. The van der Waals surface area contributed by atoms with Gasteiger partial charge >= 0.3 is 0 Å². The number of thiazole rings is 1. The minimum absolute atomic E-state index is 0.0790. The number of carbonyl (C=O) groups excluding carboxylic acids is 1. The Morgan fingerprint density at radius 1 is 1.13 bits per heavy atom. The van der Waals surface area contributed by atoms with Crippen LogP contribution in [-0.2, 0) is 6.42 Å². The number of hydrogen-bond donors (Lipinski definition) is 1. The molecule has 0 aliphatic carbocycles. The van der Waals surface area contributed by atoms with E-state index >= 15 is 0 Å². The van der Waals surface area contributed by atoms with Crippen molar-refractivity contribution in [3.63, 3.8) is 0 Å². The smallest absolute Gasteiger partial charge is 0.263 e. The van der Waals surface area contributed by atoms with Crippen molar-refractivity contribution < 1.29 is 9.32 Å². The summed E-state index contributed by atoms with van der Waals surface area (Å²) in [5.74, 6) is 1.23. The molecule has 0 radical (unpaired) electrons. The summed E-state index contributed by atoms with van der Waals surface area (Å²) in [6, 6.07) is 9.62. The molecule has 4 rings (SSSR count). The fraction of sp³-hybridized carbons (Fsp3) is 0.286. The van der Waals surface area contributed by atoms with Crippen molar-refractivity contribution in [1.82, 2.24) is 25.4 Å². The fourth-order valence-electron chi connectivity index (χ4n) is 2.93. The van der Waals surface area contributed by atoms with Crippen molar-refractivity contribution in [3.05, 3.63) is 58.4 Å². The SMILES string of the molecule is Cc1nc(-c2ccccn2)sc1C(=O)NCCCCCc1nc(-c2cccs2)no1. The van der Waals surface area contributed by atoms with E-state index in [1.54, 1.807) is 17.5 Å². The molecule has 4 heterocycles. The lowest BCUT2D eigenvalue weighted by molar-refractivity contribution is 0.0956. The van der Waals surface area contributed by atoms with Gasteiger partial charge in [-0.3, -0.25) is 9.78 Å². The molecule has 9 heteroatoms. The topological polar surface area (TPSA) is 93.8 Å². The quantitative estimate of drug-likeness (QED) is 0.378. The third kappa shape index (κ3) is 4.98. The predicted octanol–water partition coefficient (Wildman–Crippen LogP) is 4.77. The van der Waals surface area contributed by atoms with Gasteiger partial charge < -0.3 is 9.84 Å². The third-order valence-electron chi connectivity index (χ3n) is 4.45. The molecule has 30 heavy (non-hydrogen) atoms. The van der Waals surface area contributed by atoms with Gasteiger partial charge in [-0.2, -0.15) is 4.98 Å². The van der Waals surface area contributed by atoms with E-state index in [1.165, 1.54) is 11.3 Å². The largest absolute Gasteiger partial charge is 0.351 e. The van der Waals surface area contributed by atoms with Crippen LogP contribution in [-0.4, -0.2) is 32.6 Å². The molecule has 4 aromatic heterocycles. The number of nitrogens with one attached hydrogen (secondary N) is 1. The summed E-state index contributed by atoms with van der Waals surface area (Å²) in [5.41, 5.74) is 1.52. The number of aryl methyl sites for hydroxylation is 2. The van der Waals surface area contributed by atoms with Crippen LogP contribution in [0.1, 0.15) is 40.5 Å². The highest BCUT2D eigenvalue weighted by Crippen LogP contribution is 2.26. The van der Waals surface area contributed by atoms with Gasteiger partial charge in [-0.1, -0.05) is 23.7 Å². The Morgan fingerprint density at radius 3 is 2.87 bits per heavy atom. The lowest BCUT2D eigenvalue weighted by Gasteiger charge is -2.03. The molecule has 0 saturated carbocycles. The number of aromatic nitrogens is 4. The number of pyridine rings is 1. The van der Waals surface area contributed by atoms with Gasteiger partial charge in [0.05, 0.1) is 16.3 Å². The van der Waals surface area contributed by atoms with E-state index in [4.69, 9.17) is 4.52 Å². The molecule has 1 amide bonds. The van der Waals surface area contributed by atoms with E-state index in [0.717, 1.165) is 47.0 Å². The molecule has 0 atom stereocenters. The normalized spacial score (nSPS) is 11.0. The van der Waals surface area contributed by atoms with Crippen LogP contribution in [0, 0.1) is 6.92 Å². The lowest BCUT2D eigenvalue weighted by atomic mass is 10.2. The number of nitrogens with zero attached hydrogens (tertiary/aromatic N) is 4. The number of unbranched alkanes of at least 4 members (excludes halogenated alkanes) is 2. The number of rotatable bonds is 9. The first-order valence-corrected chi connectivity index (χ1v) is 11.4. The molecule has 154 valence electrons. The van der Waals surface area contributed by atoms with Crippen LogP contribution in [0.25, 0.3) is 21.4 Å². The number of amides is 1. The molecule has 7 nitrogen and oxygen atoms in total. The highest BCUT2D eigenvalue weighted by Gasteiger charge is 2.16. The molecule has 0 aliphatic rings. The average molecular weight is 440 g/mol.